The van der Waals surface area contributed by atoms with E-state index in [4.69, 9.17) is 9.84 Å². The first kappa shape index (κ1) is 8.88. The maximum Gasteiger partial charge on any atom is 0.0993 e. The normalized spacial score (nSPS) is 10.0. The second-order valence-electron chi connectivity index (χ2n) is 1.79. The van der Waals surface area contributed by atoms with Crippen molar-refractivity contribution >= 4 is 0 Å². The van der Waals surface area contributed by atoms with E-state index < -0.39 is 0 Å². The summed E-state index contributed by atoms with van der Waals surface area (Å²) in [7, 11) is 0. The van der Waals surface area contributed by atoms with E-state index in [1.54, 1.807) is 0 Å². The van der Waals surface area contributed by atoms with Gasteiger partial charge in [-0.1, -0.05) is 0 Å². The second-order valence-corrected chi connectivity index (χ2v) is 1.79. The van der Waals surface area contributed by atoms with Crippen LogP contribution in [0, 0.1) is 0 Å². The Hall–Kier alpha value is -0.120. The number of ether oxygens (including phenoxy) is 1. The molecule has 0 unspecified atom stereocenters. The largest absolute Gasteiger partial charge is 0.391 e. The first-order valence-corrected chi connectivity index (χ1v) is 3.42. The fraction of sp³-hybridized carbons (Fsp3) is 1.00. The van der Waals surface area contributed by atoms with Crippen molar-refractivity contribution in [3.8, 4) is 0 Å². The van der Waals surface area contributed by atoms with Gasteiger partial charge in [-0.25, -0.2) is 0 Å². The molecule has 0 heterocycles. The molecule has 3 heteroatoms. The van der Waals surface area contributed by atoms with Gasteiger partial charge in [-0.3, -0.25) is 0 Å². The molecule has 0 radical (unpaired) electrons. The van der Waals surface area contributed by atoms with Gasteiger partial charge in [-0.15, -0.1) is 0 Å². The van der Waals surface area contributed by atoms with Crippen LogP contribution < -0.4 is 5.32 Å². The molecule has 0 fully saturated rings. The summed E-state index contributed by atoms with van der Waals surface area (Å²) in [4.78, 5) is 0. The van der Waals surface area contributed by atoms with Crippen LogP contribution in [0.4, 0.5) is 0 Å². The topological polar surface area (TPSA) is 46.1 Å². The van der Waals surface area contributed by atoms with Gasteiger partial charge in [0.15, 0.2) is 0 Å². The Morgan fingerprint density at radius 1 is 1.44 bits per heavy atom. The first-order valence-electron chi connectivity index (χ1n) is 3.42. The van der Waals surface area contributed by atoms with Crippen LogP contribution in [0.1, 0.15) is 6.92 Å². The highest BCUT2D eigenvalue weighted by atomic mass is 16.5. The van der Waals surface area contributed by atoms with E-state index in [-0.39, 0.29) is 6.61 Å². The van der Waals surface area contributed by atoms with E-state index >= 15 is 0 Å². The lowest BCUT2D eigenvalue weighted by molar-refractivity contribution is -0.657. The maximum absolute atomic E-state index is 8.35. The third kappa shape index (κ3) is 7.88. The molecule has 3 nitrogen and oxygen atoms in total. The van der Waals surface area contributed by atoms with Gasteiger partial charge in [0.1, 0.15) is 0 Å². The Bertz CT molecular complexity index is 44.3. The Morgan fingerprint density at radius 2 is 2.22 bits per heavy atom. The third-order valence-electron chi connectivity index (χ3n) is 1.00. The average Bonchev–Trinajstić information content (AvgIpc) is 1.89. The standard InChI is InChI=1S/C6H15NO2/c1-2-9-6-4-7-3-5-8/h7-8H,2-6H2,1H3/p+1. The molecule has 9 heavy (non-hydrogen) atoms. The van der Waals surface area contributed by atoms with Crippen LogP contribution in [0.3, 0.4) is 0 Å². The predicted octanol–water partition coefficient (Wildman–Crippen LogP) is -1.42. The minimum atomic E-state index is 0.256. The highest BCUT2D eigenvalue weighted by molar-refractivity contribution is 4.21. The van der Waals surface area contributed by atoms with Gasteiger partial charge >= 0.3 is 0 Å². The lowest BCUT2D eigenvalue weighted by Gasteiger charge is -1.98. The number of nitrogens with two attached hydrogens (primary N) is 1. The molecule has 0 amide bonds. The molecule has 0 aliphatic rings. The molecule has 56 valence electrons. The number of rotatable bonds is 6. The summed E-state index contributed by atoms with van der Waals surface area (Å²) in [6.45, 7) is 5.54. The Balaban J connectivity index is 2.60. The number of hydrogen-bond acceptors (Lipinski definition) is 2. The second kappa shape index (κ2) is 7.88. The van der Waals surface area contributed by atoms with Crippen LogP contribution in [-0.4, -0.2) is 38.0 Å². The number of hydrogen-bond donors (Lipinski definition) is 2. The lowest BCUT2D eigenvalue weighted by atomic mass is 10.6. The molecule has 0 rings (SSSR count). The van der Waals surface area contributed by atoms with Crippen molar-refractivity contribution in [2.45, 2.75) is 6.92 Å². The summed E-state index contributed by atoms with van der Waals surface area (Å²) in [5.41, 5.74) is 0. The van der Waals surface area contributed by atoms with Crippen molar-refractivity contribution in [3.05, 3.63) is 0 Å². The molecule has 0 bridgehead atoms. The van der Waals surface area contributed by atoms with Crippen LogP contribution >= 0.6 is 0 Å². The molecule has 0 aromatic carbocycles. The molecule has 0 aliphatic heterocycles. The van der Waals surface area contributed by atoms with E-state index in [0.29, 0.717) is 0 Å². The number of aliphatic hydroxyl groups is 1. The van der Waals surface area contributed by atoms with Gasteiger partial charge in [-0.05, 0) is 6.92 Å². The number of quaternary nitrogens is 1. The molecule has 0 aromatic heterocycles. The summed E-state index contributed by atoms with van der Waals surface area (Å²) in [6, 6.07) is 0. The zero-order chi connectivity index (χ0) is 6.95. The highest BCUT2D eigenvalue weighted by Crippen LogP contribution is 1.64. The van der Waals surface area contributed by atoms with Gasteiger partial charge in [0.2, 0.25) is 0 Å². The Morgan fingerprint density at radius 3 is 2.78 bits per heavy atom. The molecule has 0 spiro atoms. The Labute approximate surface area is 56.0 Å². The summed E-state index contributed by atoms with van der Waals surface area (Å²) >= 11 is 0. The first-order chi connectivity index (χ1) is 4.41. The van der Waals surface area contributed by atoms with E-state index in [0.717, 1.165) is 26.3 Å². The minimum Gasteiger partial charge on any atom is -0.391 e. The van der Waals surface area contributed by atoms with Gasteiger partial charge in [-0.2, -0.15) is 0 Å². The maximum atomic E-state index is 8.35. The van der Waals surface area contributed by atoms with Crippen molar-refractivity contribution < 1.29 is 15.2 Å². The zero-order valence-electron chi connectivity index (χ0n) is 5.97. The Kier molecular flexibility index (Phi) is 7.77. The number of aliphatic hydroxyl groups excluding tert-OH is 1. The summed E-state index contributed by atoms with van der Waals surface area (Å²) in [5, 5.41) is 10.4. The van der Waals surface area contributed by atoms with Gasteiger partial charge in [0.05, 0.1) is 26.3 Å². The molecule has 0 saturated heterocycles. The van der Waals surface area contributed by atoms with Gasteiger partial charge in [0, 0.05) is 6.61 Å². The van der Waals surface area contributed by atoms with Crippen LogP contribution in [0.25, 0.3) is 0 Å². The molecular weight excluding hydrogens is 118 g/mol. The van der Waals surface area contributed by atoms with Crippen molar-refractivity contribution in [1.29, 1.82) is 0 Å². The third-order valence-corrected chi connectivity index (χ3v) is 1.00. The van der Waals surface area contributed by atoms with Crippen LogP contribution in [-0.2, 0) is 4.74 Å². The molecule has 0 saturated carbocycles. The zero-order valence-corrected chi connectivity index (χ0v) is 5.97. The molecule has 0 atom stereocenters. The molecule has 0 aromatic rings. The van der Waals surface area contributed by atoms with Crippen LogP contribution in [0.15, 0.2) is 0 Å². The van der Waals surface area contributed by atoms with E-state index in [2.05, 4.69) is 0 Å². The van der Waals surface area contributed by atoms with Gasteiger partial charge in [0.25, 0.3) is 0 Å². The minimum absolute atomic E-state index is 0.256. The summed E-state index contributed by atoms with van der Waals surface area (Å²) in [5.74, 6) is 0. The molecule has 0 aliphatic carbocycles. The average molecular weight is 134 g/mol. The summed E-state index contributed by atoms with van der Waals surface area (Å²) < 4.78 is 5.07. The van der Waals surface area contributed by atoms with E-state index in [1.165, 1.54) is 0 Å². The fourth-order valence-corrected chi connectivity index (χ4v) is 0.547. The van der Waals surface area contributed by atoms with E-state index in [1.807, 2.05) is 12.2 Å². The quantitative estimate of drug-likeness (QED) is 0.438. The SMILES string of the molecule is CCOCC[NH2+]CCO. The van der Waals surface area contributed by atoms with Crippen LogP contribution in [0.5, 0.6) is 0 Å². The van der Waals surface area contributed by atoms with E-state index in [9.17, 15) is 0 Å². The van der Waals surface area contributed by atoms with Gasteiger partial charge < -0.3 is 15.2 Å². The fourth-order valence-electron chi connectivity index (χ4n) is 0.547. The van der Waals surface area contributed by atoms with Crippen molar-refractivity contribution in [3.63, 3.8) is 0 Å². The van der Waals surface area contributed by atoms with Crippen molar-refractivity contribution in [1.82, 2.24) is 0 Å². The monoisotopic (exact) mass is 134 g/mol. The highest BCUT2D eigenvalue weighted by Gasteiger charge is 1.86. The smallest absolute Gasteiger partial charge is 0.0993 e. The summed E-state index contributed by atoms with van der Waals surface area (Å²) in [6.07, 6.45) is 0. The molecule has 3 N–H and O–H groups in total. The lowest BCUT2D eigenvalue weighted by Crippen LogP contribution is -2.86. The molecular formula is C6H16NO2+. The van der Waals surface area contributed by atoms with Crippen LogP contribution in [0.2, 0.25) is 0 Å². The van der Waals surface area contributed by atoms with Crippen molar-refractivity contribution in [2.24, 2.45) is 0 Å². The van der Waals surface area contributed by atoms with Crippen molar-refractivity contribution in [2.75, 3.05) is 32.9 Å². The predicted molar refractivity (Wildman–Crippen MR) is 35.2 cm³/mol.